The molecule has 1 amide bonds. The number of benzene rings is 2. The topological polar surface area (TPSA) is 193 Å². The molecule has 0 aliphatic carbocycles. The van der Waals surface area contributed by atoms with Gasteiger partial charge < -0.3 is 10.2 Å². The number of azide groups is 1. The highest BCUT2D eigenvalue weighted by molar-refractivity contribution is 7.86. The van der Waals surface area contributed by atoms with Crippen molar-refractivity contribution in [3.63, 3.8) is 0 Å². The highest BCUT2D eigenvalue weighted by Gasteiger charge is 2.45. The predicted molar refractivity (Wildman–Crippen MR) is 203 cm³/mol. The van der Waals surface area contributed by atoms with Crippen LogP contribution >= 0.6 is 0 Å². The van der Waals surface area contributed by atoms with Crippen molar-refractivity contribution in [1.29, 1.82) is 0 Å². The van der Waals surface area contributed by atoms with Crippen LogP contribution in [-0.2, 0) is 35.9 Å². The van der Waals surface area contributed by atoms with Gasteiger partial charge in [-0.2, -0.15) is 21.4 Å². The van der Waals surface area contributed by atoms with Crippen LogP contribution in [0.3, 0.4) is 0 Å². The molecule has 0 atom stereocenters. The van der Waals surface area contributed by atoms with Crippen molar-refractivity contribution in [3.8, 4) is 0 Å². The van der Waals surface area contributed by atoms with Crippen LogP contribution in [0.1, 0.15) is 97.1 Å². The van der Waals surface area contributed by atoms with E-state index >= 15 is 0 Å². The van der Waals surface area contributed by atoms with Crippen LogP contribution in [0.25, 0.3) is 10.4 Å². The van der Waals surface area contributed by atoms with E-state index in [-0.39, 0.29) is 15.7 Å². The second-order valence-electron chi connectivity index (χ2n) is 14.3. The maximum absolute atomic E-state index is 12.4. The van der Waals surface area contributed by atoms with E-state index in [2.05, 4.69) is 24.8 Å². The molecule has 4 rings (SSSR count). The molecule has 0 fully saturated rings. The van der Waals surface area contributed by atoms with E-state index in [1.807, 2.05) is 52.8 Å². The van der Waals surface area contributed by atoms with Crippen LogP contribution in [0.5, 0.6) is 0 Å². The Morgan fingerprint density at radius 2 is 1.54 bits per heavy atom. The number of hydrogen-bond donors (Lipinski definition) is 3. The van der Waals surface area contributed by atoms with Gasteiger partial charge in [-0.25, -0.2) is 0 Å². The number of anilines is 1. The standard InChI is InChI=1S/C37H50N6O7S2/c1-6-42-31-20-18-27(51(45,46)47)25-29(31)36(2,3)33(42)15-14-16-34-37(4,5)30-26-28(52(48,49)50)19-21-32(30)43(34)24-13-9-10-17-35(44)39-22-11-7-8-12-23-40-41-38/h14-16,18-21,25-26H,6-13,17,22-24H2,1-5H3,(H2-,39,44,45,46,47,48,49,50)/p+1. The highest BCUT2D eigenvalue weighted by Crippen LogP contribution is 2.48. The van der Waals surface area contributed by atoms with Crippen molar-refractivity contribution < 1.29 is 35.3 Å². The molecule has 2 aromatic rings. The van der Waals surface area contributed by atoms with E-state index in [0.717, 1.165) is 78.9 Å². The number of nitrogens with zero attached hydrogens (tertiary/aromatic N) is 5. The zero-order chi connectivity index (χ0) is 38.3. The lowest BCUT2D eigenvalue weighted by atomic mass is 9.81. The molecule has 2 heterocycles. The summed E-state index contributed by atoms with van der Waals surface area (Å²) in [4.78, 5) is 16.9. The zero-order valence-electron chi connectivity index (χ0n) is 30.7. The summed E-state index contributed by atoms with van der Waals surface area (Å²) >= 11 is 0. The summed E-state index contributed by atoms with van der Waals surface area (Å²) in [7, 11) is -8.78. The molecule has 0 saturated heterocycles. The normalized spacial score (nSPS) is 17.1. The molecular formula is C37H51N6O7S2+. The van der Waals surface area contributed by atoms with Gasteiger partial charge in [0.05, 0.1) is 15.2 Å². The first-order valence-electron chi connectivity index (χ1n) is 17.8. The molecule has 282 valence electrons. The Morgan fingerprint density at radius 3 is 2.19 bits per heavy atom. The second kappa shape index (κ2) is 16.8. The number of carbonyl (C=O) groups excluding carboxylic acids is 1. The summed E-state index contributed by atoms with van der Waals surface area (Å²) in [6.07, 6.45) is 12.4. The first-order valence-corrected chi connectivity index (χ1v) is 20.7. The molecule has 13 nitrogen and oxygen atoms in total. The van der Waals surface area contributed by atoms with Gasteiger partial charge in [0.1, 0.15) is 6.54 Å². The van der Waals surface area contributed by atoms with Crippen molar-refractivity contribution in [2.45, 2.75) is 107 Å². The molecule has 2 aliphatic rings. The van der Waals surface area contributed by atoms with E-state index in [9.17, 15) is 30.7 Å². The Balaban J connectivity index is 1.51. The number of allylic oxidation sites excluding steroid dienone is 4. The van der Waals surface area contributed by atoms with Crippen molar-refractivity contribution in [2.75, 3.05) is 31.1 Å². The third-order valence-electron chi connectivity index (χ3n) is 10.0. The summed E-state index contributed by atoms with van der Waals surface area (Å²) in [6.45, 7) is 12.5. The van der Waals surface area contributed by atoms with Crippen molar-refractivity contribution in [2.24, 2.45) is 5.11 Å². The molecule has 2 aromatic carbocycles. The Bertz CT molecular complexity index is 2030. The van der Waals surface area contributed by atoms with E-state index in [4.69, 9.17) is 5.53 Å². The fraction of sp³-hybridized carbons (Fsp3) is 0.514. The number of hydrogen-bond acceptors (Lipinski definition) is 7. The number of likely N-dealkylation sites (N-methyl/N-ethyl adjacent to an activating group) is 1. The molecule has 52 heavy (non-hydrogen) atoms. The quantitative estimate of drug-likeness (QED) is 0.0351. The van der Waals surface area contributed by atoms with Gasteiger partial charge in [-0.1, -0.05) is 37.9 Å². The van der Waals surface area contributed by atoms with Crippen LogP contribution in [0.2, 0.25) is 0 Å². The lowest BCUT2D eigenvalue weighted by Crippen LogP contribution is -2.28. The van der Waals surface area contributed by atoms with E-state index in [1.165, 1.54) is 24.3 Å². The Morgan fingerprint density at radius 1 is 0.904 bits per heavy atom. The van der Waals surface area contributed by atoms with Gasteiger partial charge in [0.2, 0.25) is 11.6 Å². The lowest BCUT2D eigenvalue weighted by Gasteiger charge is -2.25. The average Bonchev–Trinajstić information content (AvgIpc) is 3.42. The fourth-order valence-corrected chi connectivity index (χ4v) is 8.21. The van der Waals surface area contributed by atoms with Crippen LogP contribution < -0.4 is 10.2 Å². The Hall–Kier alpha value is -4.01. The van der Waals surface area contributed by atoms with E-state index in [1.54, 1.807) is 12.1 Å². The Labute approximate surface area is 307 Å². The summed E-state index contributed by atoms with van der Waals surface area (Å²) in [5.74, 6) is 0.0232. The molecule has 15 heteroatoms. The molecule has 3 N–H and O–H groups in total. The van der Waals surface area contributed by atoms with E-state index < -0.39 is 31.1 Å². The highest BCUT2D eigenvalue weighted by atomic mass is 32.2. The summed E-state index contributed by atoms with van der Waals surface area (Å²) in [5, 5.41) is 6.51. The lowest BCUT2D eigenvalue weighted by molar-refractivity contribution is -0.438. The molecule has 2 aliphatic heterocycles. The summed E-state index contributed by atoms with van der Waals surface area (Å²) in [5.41, 5.74) is 12.3. The van der Waals surface area contributed by atoms with Crippen LogP contribution in [0, 0.1) is 0 Å². The van der Waals surface area contributed by atoms with Gasteiger partial charge in [0.25, 0.3) is 20.2 Å². The minimum atomic E-state index is -4.41. The minimum Gasteiger partial charge on any atom is -0.356 e. The molecule has 0 aromatic heterocycles. The van der Waals surface area contributed by atoms with Gasteiger partial charge in [-0.15, -0.1) is 0 Å². The average molecular weight is 756 g/mol. The van der Waals surface area contributed by atoms with Crippen molar-refractivity contribution in [1.82, 2.24) is 5.32 Å². The molecule has 0 radical (unpaired) electrons. The van der Waals surface area contributed by atoms with Crippen molar-refractivity contribution >= 4 is 43.2 Å². The Kier molecular flexibility index (Phi) is 13.1. The molecule has 0 bridgehead atoms. The monoisotopic (exact) mass is 755 g/mol. The number of amides is 1. The van der Waals surface area contributed by atoms with Gasteiger partial charge in [0.15, 0.2) is 5.71 Å². The largest absolute Gasteiger partial charge is 0.356 e. The van der Waals surface area contributed by atoms with Gasteiger partial charge in [0, 0.05) is 71.9 Å². The number of rotatable bonds is 18. The third-order valence-corrected chi connectivity index (χ3v) is 11.7. The number of fused-ring (bicyclic) bond motifs is 2. The third kappa shape index (κ3) is 9.31. The number of unbranched alkanes of at least 4 members (excludes halogenated alkanes) is 5. The molecule has 0 spiro atoms. The summed E-state index contributed by atoms with van der Waals surface area (Å²) in [6, 6.07) is 9.33. The number of carbonyl (C=O) groups is 1. The fourth-order valence-electron chi connectivity index (χ4n) is 7.20. The van der Waals surface area contributed by atoms with Crippen molar-refractivity contribution in [3.05, 3.63) is 81.9 Å². The smallest absolute Gasteiger partial charge is 0.294 e. The van der Waals surface area contributed by atoms with Gasteiger partial charge >= 0.3 is 0 Å². The minimum absolute atomic E-state index is 0.0232. The zero-order valence-corrected chi connectivity index (χ0v) is 32.3. The van der Waals surface area contributed by atoms with Crippen LogP contribution in [-0.4, -0.2) is 68.3 Å². The van der Waals surface area contributed by atoms with Gasteiger partial charge in [-0.3, -0.25) is 13.9 Å². The summed E-state index contributed by atoms with van der Waals surface area (Å²) < 4.78 is 69.7. The maximum Gasteiger partial charge on any atom is 0.294 e. The first kappa shape index (κ1) is 40.8. The molecule has 0 unspecified atom stereocenters. The molecular weight excluding hydrogens is 705 g/mol. The first-order chi connectivity index (χ1) is 24.4. The number of nitrogens with one attached hydrogen (secondary N) is 1. The maximum atomic E-state index is 12.4. The second-order valence-corrected chi connectivity index (χ2v) is 17.1. The van der Waals surface area contributed by atoms with Gasteiger partial charge in [-0.05, 0) is 94.0 Å². The van der Waals surface area contributed by atoms with Crippen LogP contribution in [0.4, 0.5) is 11.4 Å². The SMILES string of the molecule is CCN1/C(=C/C=C/C2=[N+](CCCCCC(=O)NCCCCCCN=[N+]=[N-])c3ccc(S(=O)(=O)O)cc3C2(C)C)C(C)(C)c2cc(S(=O)(=O)O)ccc21. The van der Waals surface area contributed by atoms with Crippen LogP contribution in [0.15, 0.2) is 75.2 Å². The predicted octanol–water partition coefficient (Wildman–Crippen LogP) is 7.36. The van der Waals surface area contributed by atoms with E-state index in [0.29, 0.717) is 32.6 Å². The molecule has 0 saturated carbocycles.